The molecule has 0 saturated carbocycles. The van der Waals surface area contributed by atoms with E-state index in [4.69, 9.17) is 0 Å². The van der Waals surface area contributed by atoms with E-state index in [0.29, 0.717) is 11.7 Å². The molecule has 5 nitrogen and oxygen atoms in total. The second kappa shape index (κ2) is 7.57. The molecule has 1 aromatic rings. The Hall–Kier alpha value is -1.21. The minimum absolute atomic E-state index is 0.0429. The number of rotatable bonds is 6. The third-order valence-corrected chi connectivity index (χ3v) is 6.19. The Morgan fingerprint density at radius 3 is 3.04 bits per heavy atom. The molecule has 3 amide bonds. The molecule has 0 aliphatic carbocycles. The van der Waals surface area contributed by atoms with Gasteiger partial charge in [0.05, 0.1) is 12.1 Å². The van der Waals surface area contributed by atoms with Gasteiger partial charge in [0, 0.05) is 27.6 Å². The van der Waals surface area contributed by atoms with Gasteiger partial charge in [0.15, 0.2) is 0 Å². The number of urea groups is 1. The van der Waals surface area contributed by atoms with Crippen LogP contribution in [0.2, 0.25) is 0 Å². The molecule has 0 radical (unpaired) electrons. The second-order valence-corrected chi connectivity index (χ2v) is 8.11. The predicted octanol–water partition coefficient (Wildman–Crippen LogP) is 3.11. The van der Waals surface area contributed by atoms with Crippen LogP contribution in [0.25, 0.3) is 0 Å². The van der Waals surface area contributed by atoms with Crippen molar-refractivity contribution < 1.29 is 9.59 Å². The third kappa shape index (κ3) is 4.41. The third-order valence-electron chi connectivity index (χ3n) is 4.19. The van der Waals surface area contributed by atoms with Crippen molar-refractivity contribution in [3.8, 4) is 0 Å². The van der Waals surface area contributed by atoms with Crippen LogP contribution < -0.4 is 16.0 Å². The summed E-state index contributed by atoms with van der Waals surface area (Å²) in [5, 5.41) is 9.32. The van der Waals surface area contributed by atoms with Crippen LogP contribution in [0, 0.1) is 0 Å². The lowest BCUT2D eigenvalue weighted by Gasteiger charge is -2.16. The number of amides is 3. The first-order valence-electron chi connectivity index (χ1n) is 7.86. The fraction of sp³-hybridized carbons (Fsp3) is 0.500. The lowest BCUT2D eigenvalue weighted by Crippen LogP contribution is -2.36. The van der Waals surface area contributed by atoms with E-state index in [-0.39, 0.29) is 24.0 Å². The van der Waals surface area contributed by atoms with Crippen molar-refractivity contribution in [3.63, 3.8) is 0 Å². The van der Waals surface area contributed by atoms with Gasteiger partial charge in [-0.25, -0.2) is 4.79 Å². The zero-order valence-corrected chi connectivity index (χ0v) is 15.1. The summed E-state index contributed by atoms with van der Waals surface area (Å²) in [6.45, 7) is 0. The number of nitrogens with one attached hydrogen (secondary N) is 3. The fourth-order valence-electron chi connectivity index (χ4n) is 3.06. The van der Waals surface area contributed by atoms with E-state index in [1.807, 2.05) is 36.0 Å². The first kappa shape index (κ1) is 16.6. The summed E-state index contributed by atoms with van der Waals surface area (Å²) >= 11 is 5.31. The van der Waals surface area contributed by atoms with Gasteiger partial charge in [-0.1, -0.05) is 28.4 Å². The lowest BCUT2D eigenvalue weighted by molar-refractivity contribution is -0.116. The average molecular weight is 398 g/mol. The number of hydrogen-bond donors (Lipinski definition) is 3. The van der Waals surface area contributed by atoms with Gasteiger partial charge in [-0.05, 0) is 31.0 Å². The van der Waals surface area contributed by atoms with Crippen LogP contribution in [0.5, 0.6) is 0 Å². The summed E-state index contributed by atoms with van der Waals surface area (Å²) in [6.07, 6.45) is 3.44. The molecule has 7 heteroatoms. The van der Waals surface area contributed by atoms with Crippen molar-refractivity contribution in [2.75, 3.05) is 11.1 Å². The highest BCUT2D eigenvalue weighted by Gasteiger charge is 2.42. The number of carbonyl (C=O) groups is 2. The normalized spacial score (nSPS) is 25.6. The predicted molar refractivity (Wildman–Crippen MR) is 96.7 cm³/mol. The molecule has 2 saturated heterocycles. The van der Waals surface area contributed by atoms with Gasteiger partial charge in [0.2, 0.25) is 5.91 Å². The summed E-state index contributed by atoms with van der Waals surface area (Å²) < 4.78 is 0.954. The minimum Gasteiger partial charge on any atom is -0.332 e. The number of thioether (sulfide) groups is 1. The number of fused-ring (bicyclic) bond motifs is 1. The molecular weight excluding hydrogens is 378 g/mol. The molecule has 3 rings (SSSR count). The van der Waals surface area contributed by atoms with Crippen LogP contribution in [0.15, 0.2) is 28.7 Å². The maximum Gasteiger partial charge on any atom is 0.315 e. The first-order valence-corrected chi connectivity index (χ1v) is 9.70. The molecule has 0 spiro atoms. The molecule has 2 heterocycles. The lowest BCUT2D eigenvalue weighted by atomic mass is 10.0. The summed E-state index contributed by atoms with van der Waals surface area (Å²) in [6, 6.07) is 8.09. The smallest absolute Gasteiger partial charge is 0.315 e. The zero-order valence-electron chi connectivity index (χ0n) is 12.7. The summed E-state index contributed by atoms with van der Waals surface area (Å²) in [5.41, 5.74) is 0.818. The van der Waals surface area contributed by atoms with E-state index in [0.717, 1.165) is 35.2 Å². The Balaban J connectivity index is 1.35. The molecule has 2 aliphatic heterocycles. The Labute approximate surface area is 148 Å². The SMILES string of the molecule is O=C(CCCC[C@H]1SC[C@@H]2NC(=O)N[C@H]21)Nc1cccc(Br)c1. The van der Waals surface area contributed by atoms with Crippen molar-refractivity contribution in [1.29, 1.82) is 0 Å². The van der Waals surface area contributed by atoms with Crippen LogP contribution in [0.4, 0.5) is 10.5 Å². The molecule has 2 fully saturated rings. The fourth-order valence-corrected chi connectivity index (χ4v) is 5.01. The van der Waals surface area contributed by atoms with Crippen LogP contribution >= 0.6 is 27.7 Å². The maximum absolute atomic E-state index is 11.9. The van der Waals surface area contributed by atoms with Crippen molar-refractivity contribution in [2.45, 2.75) is 43.0 Å². The first-order chi connectivity index (χ1) is 11.1. The number of benzene rings is 1. The molecule has 124 valence electrons. The summed E-state index contributed by atoms with van der Waals surface area (Å²) in [5.74, 6) is 1.04. The Morgan fingerprint density at radius 1 is 1.35 bits per heavy atom. The molecule has 1 aromatic carbocycles. The van der Waals surface area contributed by atoms with Crippen molar-refractivity contribution in [1.82, 2.24) is 10.6 Å². The van der Waals surface area contributed by atoms with E-state index in [9.17, 15) is 9.59 Å². The Kier molecular flexibility index (Phi) is 5.48. The van der Waals surface area contributed by atoms with E-state index < -0.39 is 0 Å². The largest absolute Gasteiger partial charge is 0.332 e. The van der Waals surface area contributed by atoms with Crippen LogP contribution in [-0.2, 0) is 4.79 Å². The second-order valence-electron chi connectivity index (χ2n) is 5.93. The maximum atomic E-state index is 11.9. The number of unbranched alkanes of at least 4 members (excludes halogenated alkanes) is 1. The van der Waals surface area contributed by atoms with Gasteiger partial charge in [-0.3, -0.25) is 4.79 Å². The van der Waals surface area contributed by atoms with E-state index in [2.05, 4.69) is 31.9 Å². The zero-order chi connectivity index (χ0) is 16.2. The van der Waals surface area contributed by atoms with Gasteiger partial charge in [-0.15, -0.1) is 0 Å². The Bertz CT molecular complexity index is 598. The van der Waals surface area contributed by atoms with Gasteiger partial charge in [0.25, 0.3) is 0 Å². The number of halogens is 1. The molecular formula is C16H20BrN3O2S. The molecule has 3 atom stereocenters. The van der Waals surface area contributed by atoms with Crippen LogP contribution in [0.1, 0.15) is 25.7 Å². The van der Waals surface area contributed by atoms with Gasteiger partial charge < -0.3 is 16.0 Å². The van der Waals surface area contributed by atoms with Crippen molar-refractivity contribution in [2.24, 2.45) is 0 Å². The number of anilines is 1. The van der Waals surface area contributed by atoms with E-state index in [1.54, 1.807) is 0 Å². The van der Waals surface area contributed by atoms with Crippen molar-refractivity contribution in [3.05, 3.63) is 28.7 Å². The molecule has 23 heavy (non-hydrogen) atoms. The topological polar surface area (TPSA) is 70.2 Å². The molecule has 0 unspecified atom stereocenters. The molecule has 3 N–H and O–H groups in total. The standard InChI is InChI=1S/C16H20BrN3O2S/c17-10-4-3-5-11(8-10)18-14(21)7-2-1-6-13-15-12(9-23-13)19-16(22)20-15/h3-5,8,12-13,15H,1-2,6-7,9H2,(H,18,21)(H2,19,20,22)/t12-,13+,15+/m0/s1. The van der Waals surface area contributed by atoms with Gasteiger partial charge in [0.1, 0.15) is 0 Å². The quantitative estimate of drug-likeness (QED) is 0.510. The molecule has 0 aromatic heterocycles. The number of hydrogen-bond acceptors (Lipinski definition) is 3. The minimum atomic E-state index is -0.0429. The Morgan fingerprint density at radius 2 is 2.22 bits per heavy atom. The highest BCUT2D eigenvalue weighted by atomic mass is 79.9. The monoisotopic (exact) mass is 397 g/mol. The van der Waals surface area contributed by atoms with Crippen LogP contribution in [0.3, 0.4) is 0 Å². The molecule has 2 aliphatic rings. The van der Waals surface area contributed by atoms with Crippen molar-refractivity contribution >= 4 is 45.3 Å². The van der Waals surface area contributed by atoms with Crippen LogP contribution in [-0.4, -0.2) is 35.0 Å². The van der Waals surface area contributed by atoms with Gasteiger partial charge in [-0.2, -0.15) is 11.8 Å². The van der Waals surface area contributed by atoms with E-state index >= 15 is 0 Å². The summed E-state index contributed by atoms with van der Waals surface area (Å²) in [7, 11) is 0. The summed E-state index contributed by atoms with van der Waals surface area (Å²) in [4.78, 5) is 23.3. The average Bonchev–Trinajstić information content (AvgIpc) is 3.03. The highest BCUT2D eigenvalue weighted by molar-refractivity contribution is 9.10. The number of carbonyl (C=O) groups excluding carboxylic acids is 2. The van der Waals surface area contributed by atoms with Gasteiger partial charge >= 0.3 is 6.03 Å². The highest BCUT2D eigenvalue weighted by Crippen LogP contribution is 2.33. The molecule has 0 bridgehead atoms. The van der Waals surface area contributed by atoms with E-state index in [1.165, 1.54) is 0 Å².